The zero-order chi connectivity index (χ0) is 44.4. The zero-order valence-corrected chi connectivity index (χ0v) is 48.0. The van der Waals surface area contributed by atoms with Gasteiger partial charge >= 0.3 is 417 Å². The second kappa shape index (κ2) is 23.5. The van der Waals surface area contributed by atoms with E-state index in [1.807, 2.05) is 0 Å². The molecule has 2 unspecified atom stereocenters. The second-order valence-corrected chi connectivity index (χ2v) is 76.6. The van der Waals surface area contributed by atoms with Gasteiger partial charge in [0.25, 0.3) is 0 Å². The molecule has 0 spiro atoms. The molecule has 2 aliphatic carbocycles. The third kappa shape index (κ3) is 12.8. The number of unbranched alkanes of at least 4 members (excludes halogenated alkanes) is 10. The van der Waals surface area contributed by atoms with Crippen LogP contribution in [0.1, 0.15) is 133 Å². The molecule has 335 valence electrons. The van der Waals surface area contributed by atoms with E-state index in [9.17, 15) is 17.0 Å². The van der Waals surface area contributed by atoms with Gasteiger partial charge in [-0.05, 0) is 0 Å². The summed E-state index contributed by atoms with van der Waals surface area (Å²) in [5, 5.41) is 0. The van der Waals surface area contributed by atoms with Crippen LogP contribution in [0.15, 0.2) is 108 Å². The molecule has 4 aromatic carbocycles. The first kappa shape index (κ1) is 51.6. The van der Waals surface area contributed by atoms with E-state index in [1.54, 1.807) is 0 Å². The topological polar surface area (TPSA) is 0 Å². The Morgan fingerprint density at radius 3 is 1.16 bits per heavy atom. The molecule has 0 saturated carbocycles. The summed E-state index contributed by atoms with van der Waals surface area (Å²) < 4.78 is 0.118. The summed E-state index contributed by atoms with van der Waals surface area (Å²) in [4.78, 5) is 0. The molecule has 0 heterocycles. The summed E-state index contributed by atoms with van der Waals surface area (Å²) in [6, 6.07) is 34.3. The van der Waals surface area contributed by atoms with Gasteiger partial charge < -0.3 is 0 Å². The SMILES string of the molecule is CCC1=Cc2c(-c3ccccc3)cccc2[CH]1[Zr]([Cl])([Cl])([CH]1C(CC)=Cc2c(-c3ccccc3)cccc21)[SiH](CCCCCCCC[Si](Cl)(Cl)Cl)CCCCCCCC[Si](Cl)(Cl)Cl. The first-order chi connectivity index (χ1) is 29.7. The third-order valence-corrected chi connectivity index (χ3v) is 67.3. The van der Waals surface area contributed by atoms with Gasteiger partial charge in [0.05, 0.1) is 0 Å². The monoisotopic (exact) mass is 1120 g/mol. The molecule has 12 heteroatoms. The van der Waals surface area contributed by atoms with Crippen molar-refractivity contribution < 1.29 is 15.6 Å². The number of hydrogen-bond donors (Lipinski definition) is 0. The minimum absolute atomic E-state index is 0.0589. The average Bonchev–Trinajstić information content (AvgIpc) is 3.85. The number of halogens is 8. The molecule has 0 fully saturated rings. The molecule has 0 radical (unpaired) electrons. The van der Waals surface area contributed by atoms with Crippen LogP contribution in [0.2, 0.25) is 24.2 Å². The standard InChI is InChI=1S/2C17H15.C16H33Cl6Si3.2ClH.Zr/c2*1-2-13-11-15-9-6-10-16(17(15)12-13)14-7-4-3-5-8-14;17-24(18,19)15-11-7-3-1-5-9-13-23-14-10-6-2-4-8-12-16-25(20,21)22;;;/h2*3-12H,2H2,1H3;23H,1-16H2;2*1H;/q;;;;;+2/p-2. The normalized spacial score (nSPS) is 17.1. The Morgan fingerprint density at radius 1 is 0.452 bits per heavy atom. The predicted octanol–water partition coefficient (Wildman–Crippen LogP) is 20.1. The zero-order valence-electron chi connectivity index (χ0n) is 36.4. The summed E-state index contributed by atoms with van der Waals surface area (Å²) in [6.45, 7) is 4.66. The third-order valence-electron chi connectivity index (χ3n) is 13.7. The number of rotatable bonds is 25. The van der Waals surface area contributed by atoms with E-state index in [2.05, 4.69) is 123 Å². The van der Waals surface area contributed by atoms with Crippen molar-refractivity contribution in [2.24, 2.45) is 0 Å². The predicted molar refractivity (Wildman–Crippen MR) is 286 cm³/mol. The Bertz CT molecular complexity index is 1980. The molecule has 62 heavy (non-hydrogen) atoms. The first-order valence-electron chi connectivity index (χ1n) is 23.1. The fourth-order valence-electron chi connectivity index (χ4n) is 10.8. The average molecular weight is 1120 g/mol. The van der Waals surface area contributed by atoms with Crippen molar-refractivity contribution in [1.29, 1.82) is 0 Å². The van der Waals surface area contributed by atoms with Gasteiger partial charge in [0.2, 0.25) is 0 Å². The molecule has 0 amide bonds. The van der Waals surface area contributed by atoms with Gasteiger partial charge in [0.1, 0.15) is 0 Å². The molecule has 6 rings (SSSR count). The van der Waals surface area contributed by atoms with Gasteiger partial charge in [-0.15, -0.1) is 0 Å². The van der Waals surface area contributed by atoms with Crippen LogP contribution in [0.25, 0.3) is 34.4 Å². The van der Waals surface area contributed by atoms with E-state index in [0.717, 1.165) is 50.6 Å². The van der Waals surface area contributed by atoms with Crippen LogP contribution < -0.4 is 0 Å². The Morgan fingerprint density at radius 2 is 0.806 bits per heavy atom. The molecule has 0 bridgehead atoms. The van der Waals surface area contributed by atoms with E-state index in [1.165, 1.54) is 119 Å². The van der Waals surface area contributed by atoms with Crippen LogP contribution in [0.5, 0.6) is 0 Å². The first-order valence-corrected chi connectivity index (χ1v) is 49.3. The maximum atomic E-state index is 9.31. The van der Waals surface area contributed by atoms with Crippen LogP contribution in [0.3, 0.4) is 0 Å². The molecule has 0 nitrogen and oxygen atoms in total. The van der Waals surface area contributed by atoms with Crippen molar-refractivity contribution in [3.05, 3.63) is 130 Å². The summed E-state index contributed by atoms with van der Waals surface area (Å²) in [6.07, 6.45) is 20.5. The van der Waals surface area contributed by atoms with Crippen LogP contribution in [-0.4, -0.2) is 17.9 Å². The Balaban J connectivity index is 1.42. The molecule has 4 aromatic rings. The molecule has 2 aliphatic rings. The van der Waals surface area contributed by atoms with Crippen LogP contribution in [0, 0.1) is 0 Å². The second-order valence-electron chi connectivity index (χ2n) is 17.8. The van der Waals surface area contributed by atoms with E-state index in [-0.39, 0.29) is 7.25 Å². The van der Waals surface area contributed by atoms with Crippen LogP contribution in [0.4, 0.5) is 0 Å². The minimum atomic E-state index is -5.20. The van der Waals surface area contributed by atoms with Crippen LogP contribution in [-0.2, 0) is 15.6 Å². The van der Waals surface area contributed by atoms with E-state index in [0.29, 0.717) is 0 Å². The summed E-state index contributed by atoms with van der Waals surface area (Å²) in [5.74, 6) is -1.90. The van der Waals surface area contributed by atoms with Crippen molar-refractivity contribution in [1.82, 2.24) is 0 Å². The van der Waals surface area contributed by atoms with Crippen molar-refractivity contribution in [3.63, 3.8) is 0 Å². The molecular weight excluding hydrogens is 1060 g/mol. The summed E-state index contributed by atoms with van der Waals surface area (Å²) in [5.41, 5.74) is 13.3. The van der Waals surface area contributed by atoms with E-state index in [4.69, 9.17) is 66.5 Å². The fraction of sp³-hybridized carbons (Fsp3) is 0.440. The maximum absolute atomic E-state index is 9.31. The molecule has 2 atom stereocenters. The molecular formula is C50H63Cl8Si3Zr. The number of allylic oxidation sites excluding steroid dienone is 2. The van der Waals surface area contributed by atoms with Gasteiger partial charge in [-0.2, -0.15) is 0 Å². The summed E-state index contributed by atoms with van der Waals surface area (Å²) in [7, 11) is 18.6. The van der Waals surface area contributed by atoms with Crippen LogP contribution >= 0.6 is 83.5 Å². The number of benzene rings is 4. The quantitative estimate of drug-likeness (QED) is 0.0352. The van der Waals surface area contributed by atoms with Gasteiger partial charge in [0, 0.05) is 0 Å². The molecule has 0 N–H and O–H groups in total. The van der Waals surface area contributed by atoms with E-state index < -0.39 is 33.5 Å². The number of hydrogen-bond acceptors (Lipinski definition) is 0. The Labute approximate surface area is 412 Å². The molecule has 0 aliphatic heterocycles. The van der Waals surface area contributed by atoms with Gasteiger partial charge in [-0.3, -0.25) is 0 Å². The van der Waals surface area contributed by atoms with Gasteiger partial charge in [-0.25, -0.2) is 0 Å². The fourth-order valence-corrected chi connectivity index (χ4v) is 64.8. The van der Waals surface area contributed by atoms with E-state index >= 15 is 0 Å². The van der Waals surface area contributed by atoms with Gasteiger partial charge in [-0.1, -0.05) is 0 Å². The van der Waals surface area contributed by atoms with Crippen molar-refractivity contribution in [3.8, 4) is 22.3 Å². The Hall–Kier alpha value is 0.214. The van der Waals surface area contributed by atoms with Crippen molar-refractivity contribution in [2.45, 2.75) is 135 Å². The Kier molecular flexibility index (Phi) is 19.5. The molecule has 0 aromatic heterocycles. The molecule has 0 saturated heterocycles. The van der Waals surface area contributed by atoms with Crippen molar-refractivity contribution in [2.75, 3.05) is 0 Å². The summed E-state index contributed by atoms with van der Waals surface area (Å²) >= 11 is 32.1. The van der Waals surface area contributed by atoms with Gasteiger partial charge in [0.15, 0.2) is 0 Å². The van der Waals surface area contributed by atoms with Crippen molar-refractivity contribution >= 4 is 114 Å². The number of fused-ring (bicyclic) bond motifs is 2.